The Labute approximate surface area is 243 Å². The highest BCUT2D eigenvalue weighted by atomic mass is 16.3. The van der Waals surface area contributed by atoms with Crippen LogP contribution in [0.3, 0.4) is 0 Å². The summed E-state index contributed by atoms with van der Waals surface area (Å²) in [7, 11) is 0. The Morgan fingerprint density at radius 3 is 1.90 bits per heavy atom. The van der Waals surface area contributed by atoms with E-state index in [1.807, 2.05) is 18.2 Å². The minimum Gasteiger partial charge on any atom is -0.456 e. The van der Waals surface area contributed by atoms with Crippen molar-refractivity contribution in [2.24, 2.45) is 0 Å². The van der Waals surface area contributed by atoms with Crippen LogP contribution >= 0.6 is 0 Å². The summed E-state index contributed by atoms with van der Waals surface area (Å²) in [6, 6.07) is 45.2. The van der Waals surface area contributed by atoms with Crippen molar-refractivity contribution >= 4 is 60.9 Å². The third-order valence-corrected chi connectivity index (χ3v) is 9.08. The smallest absolute Gasteiger partial charge is 0.147 e. The molecule has 0 saturated carbocycles. The zero-order valence-corrected chi connectivity index (χ0v) is 23.4. The van der Waals surface area contributed by atoms with E-state index >= 15 is 0 Å². The third-order valence-electron chi connectivity index (χ3n) is 9.08. The fraction of sp³-hybridized carbons (Fsp3) is 0.0769. The summed E-state index contributed by atoms with van der Waals surface area (Å²) in [4.78, 5) is 2.39. The van der Waals surface area contributed by atoms with Gasteiger partial charge in [0.25, 0.3) is 0 Å². The van der Waals surface area contributed by atoms with E-state index in [9.17, 15) is 0 Å². The van der Waals surface area contributed by atoms with Crippen LogP contribution < -0.4 is 4.90 Å². The topological polar surface area (TPSA) is 29.5 Å². The maximum Gasteiger partial charge on any atom is 0.147 e. The molecule has 0 saturated heterocycles. The molecule has 42 heavy (non-hydrogen) atoms. The van der Waals surface area contributed by atoms with E-state index in [4.69, 9.17) is 8.83 Å². The fourth-order valence-corrected chi connectivity index (χ4v) is 7.06. The van der Waals surface area contributed by atoms with E-state index in [2.05, 4.69) is 128 Å². The van der Waals surface area contributed by atoms with Gasteiger partial charge < -0.3 is 13.7 Å². The summed E-state index contributed by atoms with van der Waals surface area (Å²) < 4.78 is 12.8. The Bertz CT molecular complexity index is 2290. The number of hydrogen-bond acceptors (Lipinski definition) is 3. The fourth-order valence-electron chi connectivity index (χ4n) is 7.06. The molecular formula is C39H27NO2. The highest BCUT2D eigenvalue weighted by Gasteiger charge is 2.36. The van der Waals surface area contributed by atoms with Crippen molar-refractivity contribution < 1.29 is 8.83 Å². The number of hydrogen-bond donors (Lipinski definition) is 0. The largest absolute Gasteiger partial charge is 0.456 e. The molecule has 6 aromatic carbocycles. The van der Waals surface area contributed by atoms with E-state index < -0.39 is 0 Å². The first-order chi connectivity index (χ1) is 20.6. The average Bonchev–Trinajstić information content (AvgIpc) is 3.60. The summed E-state index contributed by atoms with van der Waals surface area (Å²) in [5, 5.41) is 4.34. The molecule has 0 spiro atoms. The summed E-state index contributed by atoms with van der Waals surface area (Å²) in [5.74, 6) is 0. The van der Waals surface area contributed by atoms with Gasteiger partial charge in [0.1, 0.15) is 22.3 Å². The van der Waals surface area contributed by atoms with Crippen molar-refractivity contribution in [3.63, 3.8) is 0 Å². The van der Waals surface area contributed by atoms with Crippen LogP contribution in [0.4, 0.5) is 17.1 Å². The number of furan rings is 2. The van der Waals surface area contributed by atoms with Gasteiger partial charge in [-0.3, -0.25) is 0 Å². The van der Waals surface area contributed by atoms with E-state index in [1.165, 1.54) is 22.5 Å². The minimum atomic E-state index is -0.0798. The van der Waals surface area contributed by atoms with Crippen LogP contribution in [0.25, 0.3) is 55.0 Å². The second kappa shape index (κ2) is 8.37. The molecule has 2 aromatic heterocycles. The van der Waals surface area contributed by atoms with Gasteiger partial charge >= 0.3 is 0 Å². The number of benzene rings is 6. The summed E-state index contributed by atoms with van der Waals surface area (Å²) in [5.41, 5.74) is 11.9. The van der Waals surface area contributed by atoms with Gasteiger partial charge in [-0.05, 0) is 70.8 Å². The first-order valence-corrected chi connectivity index (χ1v) is 14.4. The van der Waals surface area contributed by atoms with Gasteiger partial charge in [0.05, 0.1) is 16.8 Å². The Morgan fingerprint density at radius 1 is 0.500 bits per heavy atom. The molecule has 0 N–H and O–H groups in total. The summed E-state index contributed by atoms with van der Waals surface area (Å²) >= 11 is 0. The van der Waals surface area contributed by atoms with Crippen molar-refractivity contribution in [3.05, 3.63) is 139 Å². The highest BCUT2D eigenvalue weighted by molar-refractivity contribution is 6.24. The predicted molar refractivity (Wildman–Crippen MR) is 173 cm³/mol. The van der Waals surface area contributed by atoms with Crippen molar-refractivity contribution in [2.45, 2.75) is 19.3 Å². The van der Waals surface area contributed by atoms with Gasteiger partial charge in [-0.15, -0.1) is 0 Å². The lowest BCUT2D eigenvalue weighted by atomic mass is 9.73. The first kappa shape index (κ1) is 23.4. The SMILES string of the molecule is CC1(C)c2ccccc2N(c2ccc(-c3cccc4oc5ccc6c7ccccc7oc6c5c34)cc2)c2ccccc21. The Kier molecular flexibility index (Phi) is 4.67. The molecule has 8 aromatic rings. The van der Waals surface area contributed by atoms with Crippen molar-refractivity contribution in [1.82, 2.24) is 0 Å². The number of fused-ring (bicyclic) bond motifs is 9. The van der Waals surface area contributed by atoms with Gasteiger partial charge in [0.2, 0.25) is 0 Å². The molecular weight excluding hydrogens is 514 g/mol. The van der Waals surface area contributed by atoms with E-state index in [0.717, 1.165) is 60.7 Å². The molecule has 0 fully saturated rings. The van der Waals surface area contributed by atoms with Crippen LogP contribution in [-0.2, 0) is 5.41 Å². The molecule has 0 atom stereocenters. The van der Waals surface area contributed by atoms with E-state index in [-0.39, 0.29) is 5.41 Å². The average molecular weight is 542 g/mol. The van der Waals surface area contributed by atoms with Crippen LogP contribution in [0.15, 0.2) is 136 Å². The quantitative estimate of drug-likeness (QED) is 0.218. The molecule has 0 aliphatic carbocycles. The molecule has 0 unspecified atom stereocenters. The van der Waals surface area contributed by atoms with Crippen molar-refractivity contribution in [3.8, 4) is 11.1 Å². The molecule has 0 radical (unpaired) electrons. The van der Waals surface area contributed by atoms with Crippen molar-refractivity contribution in [1.29, 1.82) is 0 Å². The van der Waals surface area contributed by atoms with Crippen LogP contribution in [0, 0.1) is 0 Å². The Morgan fingerprint density at radius 2 is 1.14 bits per heavy atom. The van der Waals surface area contributed by atoms with Gasteiger partial charge in [-0.25, -0.2) is 0 Å². The zero-order chi connectivity index (χ0) is 28.0. The van der Waals surface area contributed by atoms with Gasteiger partial charge in [-0.1, -0.05) is 92.7 Å². The number of anilines is 3. The second-order valence-electron chi connectivity index (χ2n) is 11.7. The molecule has 1 aliphatic heterocycles. The zero-order valence-electron chi connectivity index (χ0n) is 23.4. The predicted octanol–water partition coefficient (Wildman–Crippen LogP) is 11.3. The maximum absolute atomic E-state index is 6.44. The van der Waals surface area contributed by atoms with Crippen molar-refractivity contribution in [2.75, 3.05) is 4.90 Å². The van der Waals surface area contributed by atoms with Gasteiger partial charge in [-0.2, -0.15) is 0 Å². The van der Waals surface area contributed by atoms with Crippen LogP contribution in [0.5, 0.6) is 0 Å². The highest BCUT2D eigenvalue weighted by Crippen LogP contribution is 2.52. The second-order valence-corrected chi connectivity index (χ2v) is 11.7. The van der Waals surface area contributed by atoms with Crippen LogP contribution in [0.1, 0.15) is 25.0 Å². The lowest BCUT2D eigenvalue weighted by Gasteiger charge is -2.42. The molecule has 200 valence electrons. The number of rotatable bonds is 2. The lowest BCUT2D eigenvalue weighted by Crippen LogP contribution is -2.30. The molecule has 0 amide bonds. The first-order valence-electron chi connectivity index (χ1n) is 14.4. The van der Waals surface area contributed by atoms with E-state index in [0.29, 0.717) is 0 Å². The summed E-state index contributed by atoms with van der Waals surface area (Å²) in [6.07, 6.45) is 0. The van der Waals surface area contributed by atoms with Crippen LogP contribution in [-0.4, -0.2) is 0 Å². The minimum absolute atomic E-state index is 0.0798. The Hall–Kier alpha value is -5.28. The molecule has 0 bridgehead atoms. The summed E-state index contributed by atoms with van der Waals surface area (Å²) in [6.45, 7) is 4.64. The van der Waals surface area contributed by atoms with E-state index in [1.54, 1.807) is 0 Å². The standard InChI is InChI=1S/C39H27NO2/c1-39(2)29-12-4-6-14-31(29)40(32-15-7-5-13-30(32)39)25-20-18-24(19-21-25)26-11-9-17-34-36(26)37-35(41-34)23-22-28-27-10-3-8-16-33(27)42-38(28)37/h3-23H,1-2H3. The number of para-hydroxylation sites is 3. The monoisotopic (exact) mass is 541 g/mol. The Balaban J connectivity index is 1.23. The van der Waals surface area contributed by atoms with Gasteiger partial charge in [0.15, 0.2) is 0 Å². The normalized spacial score (nSPS) is 14.1. The lowest BCUT2D eigenvalue weighted by molar-refractivity contribution is 0.632. The molecule has 1 aliphatic rings. The number of nitrogens with zero attached hydrogens (tertiary/aromatic N) is 1. The maximum atomic E-state index is 6.44. The third kappa shape index (κ3) is 3.11. The molecule has 9 rings (SSSR count). The van der Waals surface area contributed by atoms with Crippen LogP contribution in [0.2, 0.25) is 0 Å². The van der Waals surface area contributed by atoms with Gasteiger partial charge in [0, 0.05) is 27.3 Å². The molecule has 3 nitrogen and oxygen atoms in total. The molecule has 3 heterocycles. The molecule has 3 heteroatoms.